The molecule has 3 N–H and O–H groups in total. The quantitative estimate of drug-likeness (QED) is 0.463. The molecule has 0 aliphatic carbocycles. The van der Waals surface area contributed by atoms with E-state index in [0.717, 1.165) is 0 Å². The molecule has 0 bridgehead atoms. The third kappa shape index (κ3) is 8.27. The van der Waals surface area contributed by atoms with Crippen LogP contribution in [0.15, 0.2) is 0 Å². The van der Waals surface area contributed by atoms with E-state index < -0.39 is 24.5 Å². The second-order valence-electron chi connectivity index (χ2n) is 2.10. The summed E-state index contributed by atoms with van der Waals surface area (Å²) in [5.74, 6) is -2.99. The summed E-state index contributed by atoms with van der Waals surface area (Å²) in [5, 5.41) is 16.2. The van der Waals surface area contributed by atoms with E-state index in [1.54, 1.807) is 5.48 Å². The van der Waals surface area contributed by atoms with Gasteiger partial charge in [0.15, 0.2) is 6.61 Å². The fourth-order valence-corrected chi connectivity index (χ4v) is 0.450. The lowest BCUT2D eigenvalue weighted by atomic mass is 10.3. The summed E-state index contributed by atoms with van der Waals surface area (Å²) in [4.78, 5) is 34.7. The first-order chi connectivity index (χ1) is 6.02. The largest absolute Gasteiger partial charge is 0.481 e. The van der Waals surface area contributed by atoms with E-state index in [4.69, 9.17) is 10.2 Å². The van der Waals surface area contributed by atoms with Crippen molar-refractivity contribution in [2.24, 2.45) is 0 Å². The van der Waals surface area contributed by atoms with E-state index >= 15 is 0 Å². The Balaban J connectivity index is 3.41. The lowest BCUT2D eigenvalue weighted by molar-refractivity contribution is -0.150. The lowest BCUT2D eigenvalue weighted by Gasteiger charge is -2.01. The van der Waals surface area contributed by atoms with Gasteiger partial charge < -0.3 is 10.2 Å². The average Bonchev–Trinajstić information content (AvgIpc) is 2.00. The number of rotatable bonds is 6. The molecular formula is C6H9NO6. The van der Waals surface area contributed by atoms with Gasteiger partial charge in [-0.05, 0) is 0 Å². The summed E-state index contributed by atoms with van der Waals surface area (Å²) < 4.78 is 0. The monoisotopic (exact) mass is 191 g/mol. The Morgan fingerprint density at radius 2 is 1.69 bits per heavy atom. The third-order valence-corrected chi connectivity index (χ3v) is 0.948. The van der Waals surface area contributed by atoms with Crippen LogP contribution in [0, 0.1) is 0 Å². The van der Waals surface area contributed by atoms with Gasteiger partial charge in [-0.15, -0.1) is 0 Å². The van der Waals surface area contributed by atoms with Gasteiger partial charge in [0.1, 0.15) is 0 Å². The van der Waals surface area contributed by atoms with Crippen LogP contribution in [0.4, 0.5) is 0 Å². The Kier molecular flexibility index (Phi) is 5.20. The van der Waals surface area contributed by atoms with Crippen molar-refractivity contribution >= 4 is 17.8 Å². The number of carboxylic acids is 2. The van der Waals surface area contributed by atoms with E-state index in [0.29, 0.717) is 0 Å². The molecule has 0 aromatic carbocycles. The molecule has 74 valence electrons. The molecule has 0 radical (unpaired) electrons. The molecule has 0 spiro atoms. The smallest absolute Gasteiger partial charge is 0.332 e. The molecule has 0 fully saturated rings. The number of hydroxylamine groups is 1. The normalized spacial score (nSPS) is 9.23. The number of carbonyl (C=O) groups excluding carboxylic acids is 1. The topological polar surface area (TPSA) is 113 Å². The minimum absolute atomic E-state index is 0.241. The molecular weight excluding hydrogens is 182 g/mol. The number of carboxylic acid groups (broad SMARTS) is 2. The standard InChI is InChI=1S/C6H9NO6/c8-4(1-2-5(9)10)7-13-3-6(11)12/h1-3H2,(H,7,8)(H,9,10)(H,11,12). The molecule has 1 amide bonds. The highest BCUT2D eigenvalue weighted by molar-refractivity contribution is 5.79. The molecule has 0 heterocycles. The van der Waals surface area contributed by atoms with Crippen LogP contribution in [0.2, 0.25) is 0 Å². The summed E-state index contributed by atoms with van der Waals surface area (Å²) in [6, 6.07) is 0. The van der Waals surface area contributed by atoms with Gasteiger partial charge in [0, 0.05) is 6.42 Å². The Morgan fingerprint density at radius 1 is 1.08 bits per heavy atom. The van der Waals surface area contributed by atoms with Gasteiger partial charge >= 0.3 is 11.9 Å². The van der Waals surface area contributed by atoms with Crippen LogP contribution in [0.25, 0.3) is 0 Å². The zero-order chi connectivity index (χ0) is 10.3. The lowest BCUT2D eigenvalue weighted by Crippen LogP contribution is -2.26. The molecule has 0 saturated heterocycles. The van der Waals surface area contributed by atoms with Crippen LogP contribution < -0.4 is 5.48 Å². The average molecular weight is 191 g/mol. The van der Waals surface area contributed by atoms with Crippen LogP contribution >= 0.6 is 0 Å². The molecule has 0 aromatic heterocycles. The molecule has 7 nitrogen and oxygen atoms in total. The fourth-order valence-electron chi connectivity index (χ4n) is 0.450. The molecule has 0 unspecified atom stereocenters. The van der Waals surface area contributed by atoms with E-state index in [9.17, 15) is 14.4 Å². The first kappa shape index (κ1) is 11.4. The van der Waals surface area contributed by atoms with E-state index in [1.165, 1.54) is 0 Å². The van der Waals surface area contributed by atoms with Crippen LogP contribution in [0.5, 0.6) is 0 Å². The van der Waals surface area contributed by atoms with Gasteiger partial charge in [-0.2, -0.15) is 0 Å². The van der Waals surface area contributed by atoms with Gasteiger partial charge in [0.2, 0.25) is 5.91 Å². The van der Waals surface area contributed by atoms with Gasteiger partial charge in [-0.3, -0.25) is 14.4 Å². The highest BCUT2D eigenvalue weighted by Crippen LogP contribution is 1.87. The van der Waals surface area contributed by atoms with Crippen molar-refractivity contribution in [3.63, 3.8) is 0 Å². The molecule has 13 heavy (non-hydrogen) atoms. The molecule has 7 heteroatoms. The van der Waals surface area contributed by atoms with Crippen molar-refractivity contribution in [3.8, 4) is 0 Å². The number of hydrogen-bond acceptors (Lipinski definition) is 4. The van der Waals surface area contributed by atoms with Crippen molar-refractivity contribution in [2.75, 3.05) is 6.61 Å². The van der Waals surface area contributed by atoms with E-state index in [-0.39, 0.29) is 12.8 Å². The Labute approximate surface area is 73.3 Å². The molecule has 0 saturated carbocycles. The second-order valence-corrected chi connectivity index (χ2v) is 2.10. The van der Waals surface area contributed by atoms with Crippen molar-refractivity contribution in [1.29, 1.82) is 0 Å². The summed E-state index contributed by atoms with van der Waals surface area (Å²) >= 11 is 0. The zero-order valence-corrected chi connectivity index (χ0v) is 6.65. The molecule has 0 atom stereocenters. The van der Waals surface area contributed by atoms with Crippen molar-refractivity contribution < 1.29 is 29.4 Å². The first-order valence-corrected chi connectivity index (χ1v) is 3.36. The Bertz CT molecular complexity index is 213. The molecule has 0 aliphatic rings. The maximum absolute atomic E-state index is 10.6. The number of hydrogen-bond donors (Lipinski definition) is 3. The Hall–Kier alpha value is -1.63. The maximum Gasteiger partial charge on any atom is 0.332 e. The number of aliphatic carboxylic acids is 2. The highest BCUT2D eigenvalue weighted by Gasteiger charge is 2.05. The van der Waals surface area contributed by atoms with Gasteiger partial charge in [-0.1, -0.05) is 0 Å². The molecule has 0 aromatic rings. The van der Waals surface area contributed by atoms with E-state index in [1.807, 2.05) is 0 Å². The first-order valence-electron chi connectivity index (χ1n) is 3.36. The molecule has 0 aliphatic heterocycles. The SMILES string of the molecule is O=C(O)CCC(=O)NOCC(=O)O. The second kappa shape index (κ2) is 5.95. The van der Waals surface area contributed by atoms with Gasteiger partial charge in [0.05, 0.1) is 6.42 Å². The molecule has 0 rings (SSSR count). The number of amides is 1. The summed E-state index contributed by atoms with van der Waals surface area (Å²) in [6.07, 6.45) is -0.558. The van der Waals surface area contributed by atoms with E-state index in [2.05, 4.69) is 4.84 Å². The summed E-state index contributed by atoms with van der Waals surface area (Å²) in [7, 11) is 0. The number of nitrogens with one attached hydrogen (secondary N) is 1. The third-order valence-electron chi connectivity index (χ3n) is 0.948. The van der Waals surface area contributed by atoms with Crippen LogP contribution in [0.1, 0.15) is 12.8 Å². The van der Waals surface area contributed by atoms with Gasteiger partial charge in [0.25, 0.3) is 0 Å². The van der Waals surface area contributed by atoms with Gasteiger partial charge in [-0.25, -0.2) is 10.3 Å². The van der Waals surface area contributed by atoms with Crippen LogP contribution in [-0.4, -0.2) is 34.7 Å². The summed E-state index contributed by atoms with van der Waals surface area (Å²) in [6.45, 7) is -0.654. The van der Waals surface area contributed by atoms with Crippen LogP contribution in [-0.2, 0) is 19.2 Å². The summed E-state index contributed by atoms with van der Waals surface area (Å²) in [5.41, 5.74) is 1.79. The predicted molar refractivity (Wildman–Crippen MR) is 38.6 cm³/mol. The number of carbonyl (C=O) groups is 3. The van der Waals surface area contributed by atoms with Crippen LogP contribution in [0.3, 0.4) is 0 Å². The minimum atomic E-state index is -1.22. The van der Waals surface area contributed by atoms with Crippen molar-refractivity contribution in [1.82, 2.24) is 5.48 Å². The zero-order valence-electron chi connectivity index (χ0n) is 6.65. The van der Waals surface area contributed by atoms with Crippen molar-refractivity contribution in [2.45, 2.75) is 12.8 Å². The minimum Gasteiger partial charge on any atom is -0.481 e. The highest BCUT2D eigenvalue weighted by atomic mass is 16.7. The fraction of sp³-hybridized carbons (Fsp3) is 0.500. The Morgan fingerprint density at radius 3 is 2.15 bits per heavy atom. The predicted octanol–water partition coefficient (Wildman–Crippen LogP) is -1.02. The van der Waals surface area contributed by atoms with Crippen molar-refractivity contribution in [3.05, 3.63) is 0 Å². The maximum atomic E-state index is 10.6.